The number of piperidine rings is 1. The molecule has 4 heteroatoms. The van der Waals surface area contributed by atoms with Gasteiger partial charge in [0.2, 0.25) is 0 Å². The first-order chi connectivity index (χ1) is 11.1. The molecular weight excluding hydrogens is 293 g/mol. The summed E-state index contributed by atoms with van der Waals surface area (Å²) in [6, 6.07) is 16.1. The molecule has 1 aliphatic rings. The number of aliphatic carboxylic acids is 1. The number of carboxylic acids is 1. The van der Waals surface area contributed by atoms with Gasteiger partial charge in [0.05, 0.1) is 5.41 Å². The van der Waals surface area contributed by atoms with Crippen LogP contribution in [0.2, 0.25) is 0 Å². The fourth-order valence-corrected chi connectivity index (χ4v) is 3.33. The molecule has 0 bridgehead atoms. The molecule has 0 spiro atoms. The molecule has 1 fully saturated rings. The van der Waals surface area contributed by atoms with E-state index < -0.39 is 11.4 Å². The number of hydrogen-bond acceptors (Lipinski definition) is 2. The van der Waals surface area contributed by atoms with Crippen molar-refractivity contribution in [1.29, 1.82) is 0 Å². The van der Waals surface area contributed by atoms with E-state index in [2.05, 4.69) is 17.0 Å². The zero-order valence-electron chi connectivity index (χ0n) is 12.9. The van der Waals surface area contributed by atoms with Gasteiger partial charge in [0.15, 0.2) is 0 Å². The molecule has 0 aliphatic carbocycles. The molecule has 0 unspecified atom stereocenters. The van der Waals surface area contributed by atoms with Gasteiger partial charge >= 0.3 is 5.97 Å². The molecule has 3 nitrogen and oxygen atoms in total. The van der Waals surface area contributed by atoms with Crippen molar-refractivity contribution in [2.75, 3.05) is 13.1 Å². The number of carbonyl (C=O) groups is 1. The molecule has 0 radical (unpaired) electrons. The molecule has 0 amide bonds. The van der Waals surface area contributed by atoms with Crippen molar-refractivity contribution in [2.45, 2.75) is 24.8 Å². The van der Waals surface area contributed by atoms with E-state index in [-0.39, 0.29) is 5.82 Å². The quantitative estimate of drug-likeness (QED) is 0.940. The highest BCUT2D eigenvalue weighted by atomic mass is 19.1. The summed E-state index contributed by atoms with van der Waals surface area (Å²) >= 11 is 0. The molecule has 1 saturated heterocycles. The Morgan fingerprint density at radius 2 is 1.65 bits per heavy atom. The molecule has 2 aromatic carbocycles. The van der Waals surface area contributed by atoms with Gasteiger partial charge in [-0.25, -0.2) is 4.39 Å². The minimum Gasteiger partial charge on any atom is -0.481 e. The third-order valence-electron chi connectivity index (χ3n) is 4.76. The third-order valence-corrected chi connectivity index (χ3v) is 4.76. The highest BCUT2D eigenvalue weighted by molar-refractivity contribution is 5.81. The second kappa shape index (κ2) is 6.50. The third kappa shape index (κ3) is 3.27. The summed E-state index contributed by atoms with van der Waals surface area (Å²) in [6.45, 7) is 2.27. The van der Waals surface area contributed by atoms with Crippen LogP contribution < -0.4 is 0 Å². The van der Waals surface area contributed by atoms with Crippen LogP contribution in [0.3, 0.4) is 0 Å². The molecule has 23 heavy (non-hydrogen) atoms. The number of likely N-dealkylation sites (tertiary alicyclic amines) is 1. The Labute approximate surface area is 135 Å². The van der Waals surface area contributed by atoms with Crippen molar-refractivity contribution in [3.05, 3.63) is 71.5 Å². The Balaban J connectivity index is 1.73. The normalized spacial score (nSPS) is 17.8. The number of rotatable bonds is 4. The summed E-state index contributed by atoms with van der Waals surface area (Å²) in [5, 5.41) is 9.78. The molecule has 0 aromatic heterocycles. The standard InChI is InChI=1S/C19H20FNO2/c20-17-8-6-16(7-9-17)19(18(22)23)10-12-21(13-11-19)14-15-4-2-1-3-5-15/h1-9H,10-14H2,(H,22,23). The van der Waals surface area contributed by atoms with Crippen LogP contribution in [0.4, 0.5) is 4.39 Å². The second-order valence-corrected chi connectivity index (χ2v) is 6.16. The lowest BCUT2D eigenvalue weighted by Crippen LogP contribution is -2.47. The number of nitrogens with zero attached hydrogens (tertiary/aromatic N) is 1. The molecule has 1 heterocycles. The van der Waals surface area contributed by atoms with E-state index in [0.29, 0.717) is 18.4 Å². The second-order valence-electron chi connectivity index (χ2n) is 6.16. The zero-order valence-corrected chi connectivity index (χ0v) is 12.9. The first-order valence-electron chi connectivity index (χ1n) is 7.86. The first-order valence-corrected chi connectivity index (χ1v) is 7.86. The van der Waals surface area contributed by atoms with Gasteiger partial charge in [0.25, 0.3) is 0 Å². The van der Waals surface area contributed by atoms with Crippen LogP contribution in [0.25, 0.3) is 0 Å². The van der Waals surface area contributed by atoms with E-state index in [1.807, 2.05) is 18.2 Å². The lowest BCUT2D eigenvalue weighted by atomic mass is 9.73. The van der Waals surface area contributed by atoms with Gasteiger partial charge in [-0.3, -0.25) is 9.69 Å². The molecule has 120 valence electrons. The average molecular weight is 313 g/mol. The lowest BCUT2D eigenvalue weighted by Gasteiger charge is -2.39. The van der Waals surface area contributed by atoms with E-state index >= 15 is 0 Å². The van der Waals surface area contributed by atoms with Gasteiger partial charge in [0.1, 0.15) is 5.82 Å². The van der Waals surface area contributed by atoms with E-state index in [9.17, 15) is 14.3 Å². The van der Waals surface area contributed by atoms with Crippen molar-refractivity contribution < 1.29 is 14.3 Å². The Kier molecular flexibility index (Phi) is 4.44. The van der Waals surface area contributed by atoms with Gasteiger partial charge in [0, 0.05) is 6.54 Å². The maximum absolute atomic E-state index is 13.1. The largest absolute Gasteiger partial charge is 0.481 e. The molecule has 1 N–H and O–H groups in total. The Hall–Kier alpha value is -2.20. The van der Waals surface area contributed by atoms with Crippen LogP contribution in [0.1, 0.15) is 24.0 Å². The minimum absolute atomic E-state index is 0.337. The van der Waals surface area contributed by atoms with Gasteiger partial charge in [-0.05, 0) is 49.2 Å². The Bertz CT molecular complexity index is 662. The maximum atomic E-state index is 13.1. The summed E-state index contributed by atoms with van der Waals surface area (Å²) < 4.78 is 13.1. The van der Waals surface area contributed by atoms with Crippen LogP contribution >= 0.6 is 0 Å². The fourth-order valence-electron chi connectivity index (χ4n) is 3.33. The summed E-state index contributed by atoms with van der Waals surface area (Å²) in [4.78, 5) is 14.2. The van der Waals surface area contributed by atoms with Gasteiger partial charge < -0.3 is 5.11 Å². The summed E-state index contributed by atoms with van der Waals surface area (Å²) in [7, 11) is 0. The highest BCUT2D eigenvalue weighted by Crippen LogP contribution is 2.36. The Morgan fingerprint density at radius 1 is 1.04 bits per heavy atom. The molecule has 0 atom stereocenters. The average Bonchev–Trinajstić information content (AvgIpc) is 2.57. The topological polar surface area (TPSA) is 40.5 Å². The minimum atomic E-state index is -0.902. The smallest absolute Gasteiger partial charge is 0.314 e. The SMILES string of the molecule is O=C(O)C1(c2ccc(F)cc2)CCN(Cc2ccccc2)CC1. The van der Waals surface area contributed by atoms with Gasteiger partial charge in [-0.1, -0.05) is 42.5 Å². The summed E-state index contributed by atoms with van der Waals surface area (Å²) in [5.74, 6) is -1.15. The van der Waals surface area contributed by atoms with Crippen molar-refractivity contribution >= 4 is 5.97 Å². The van der Waals surface area contributed by atoms with Crippen LogP contribution in [0.15, 0.2) is 54.6 Å². The van der Waals surface area contributed by atoms with E-state index in [1.54, 1.807) is 12.1 Å². The summed E-state index contributed by atoms with van der Waals surface area (Å²) in [5.41, 5.74) is 1.03. The molecule has 0 saturated carbocycles. The first kappa shape index (κ1) is 15.7. The Morgan fingerprint density at radius 3 is 2.22 bits per heavy atom. The molecule has 2 aromatic rings. The lowest BCUT2D eigenvalue weighted by molar-refractivity contribution is -0.146. The number of halogens is 1. The molecular formula is C19H20FNO2. The fraction of sp³-hybridized carbons (Fsp3) is 0.316. The maximum Gasteiger partial charge on any atom is 0.314 e. The predicted molar refractivity (Wildman–Crippen MR) is 86.7 cm³/mol. The van der Waals surface area contributed by atoms with Crippen molar-refractivity contribution in [3.63, 3.8) is 0 Å². The van der Waals surface area contributed by atoms with E-state index in [1.165, 1.54) is 17.7 Å². The monoisotopic (exact) mass is 313 g/mol. The van der Waals surface area contributed by atoms with Crippen molar-refractivity contribution in [1.82, 2.24) is 4.90 Å². The number of benzene rings is 2. The summed E-state index contributed by atoms with van der Waals surface area (Å²) in [6.07, 6.45) is 1.08. The predicted octanol–water partition coefficient (Wildman–Crippen LogP) is 3.44. The van der Waals surface area contributed by atoms with Gasteiger partial charge in [-0.2, -0.15) is 0 Å². The highest BCUT2D eigenvalue weighted by Gasteiger charge is 2.42. The van der Waals surface area contributed by atoms with Crippen molar-refractivity contribution in [3.8, 4) is 0 Å². The number of hydrogen-bond donors (Lipinski definition) is 1. The van der Waals surface area contributed by atoms with Crippen LogP contribution in [-0.2, 0) is 16.8 Å². The molecule has 1 aliphatic heterocycles. The van der Waals surface area contributed by atoms with Crippen LogP contribution in [0.5, 0.6) is 0 Å². The van der Waals surface area contributed by atoms with Crippen LogP contribution in [0, 0.1) is 5.82 Å². The van der Waals surface area contributed by atoms with E-state index in [0.717, 1.165) is 19.6 Å². The zero-order chi connectivity index (χ0) is 16.3. The number of carboxylic acid groups (broad SMARTS) is 1. The van der Waals surface area contributed by atoms with E-state index in [4.69, 9.17) is 0 Å². The van der Waals surface area contributed by atoms with Gasteiger partial charge in [-0.15, -0.1) is 0 Å². The molecule has 3 rings (SSSR count). The van der Waals surface area contributed by atoms with Crippen molar-refractivity contribution in [2.24, 2.45) is 0 Å². The van der Waals surface area contributed by atoms with Crippen LogP contribution in [-0.4, -0.2) is 29.1 Å².